The van der Waals surface area contributed by atoms with Crippen molar-refractivity contribution in [2.24, 2.45) is 28.6 Å². The summed E-state index contributed by atoms with van der Waals surface area (Å²) in [6.07, 6.45) is 6.74. The van der Waals surface area contributed by atoms with Crippen LogP contribution < -0.4 is 0 Å². The van der Waals surface area contributed by atoms with Crippen LogP contribution in [0.5, 0.6) is 0 Å². The Morgan fingerprint density at radius 2 is 1.56 bits per heavy atom. The zero-order chi connectivity index (χ0) is 29.5. The number of likely N-dealkylation sites (tertiary alicyclic amines) is 3. The highest BCUT2D eigenvalue weighted by atomic mass is 32.1. The first-order valence-electron chi connectivity index (χ1n) is 16.1. The Morgan fingerprint density at radius 1 is 0.949 bits per heavy atom. The molecule has 3 saturated heterocycles. The van der Waals surface area contributed by atoms with Crippen molar-refractivity contribution in [3.05, 3.63) is 11.6 Å². The predicted molar refractivity (Wildman–Crippen MR) is 172 cm³/mol. The second-order valence-electron chi connectivity index (χ2n) is 16.0. The minimum absolute atomic E-state index is 0.264. The molecule has 0 aliphatic carbocycles. The van der Waals surface area contributed by atoms with Crippen molar-refractivity contribution in [1.82, 2.24) is 14.7 Å². The highest BCUT2D eigenvalue weighted by Crippen LogP contribution is 2.50. The summed E-state index contributed by atoms with van der Waals surface area (Å²) in [5.41, 5.74) is 0.223. The second kappa shape index (κ2) is 12.6. The Balaban J connectivity index is 1.55. The molecule has 3 aliphatic rings. The molecule has 0 aromatic rings. The molecule has 39 heavy (non-hydrogen) atoms. The molecule has 3 rings (SSSR count). The van der Waals surface area contributed by atoms with Crippen molar-refractivity contribution in [1.29, 1.82) is 0 Å². The maximum Gasteiger partial charge on any atom is 0.141 e. The fraction of sp³-hybridized carbons (Fsp3) is 0.941. The van der Waals surface area contributed by atoms with E-state index in [1.54, 1.807) is 0 Å². The van der Waals surface area contributed by atoms with Gasteiger partial charge in [0.15, 0.2) is 0 Å². The Kier molecular flexibility index (Phi) is 10.8. The second-order valence-corrected chi connectivity index (χ2v) is 16.5. The molecule has 0 spiro atoms. The quantitative estimate of drug-likeness (QED) is 0.169. The van der Waals surface area contributed by atoms with E-state index in [-0.39, 0.29) is 10.8 Å². The first-order valence-corrected chi connectivity index (χ1v) is 16.8. The third kappa shape index (κ3) is 7.11. The van der Waals surface area contributed by atoms with Gasteiger partial charge in [-0.2, -0.15) is 12.6 Å². The third-order valence-corrected chi connectivity index (χ3v) is 11.4. The molecule has 3 aliphatic heterocycles. The fourth-order valence-electron chi connectivity index (χ4n) is 8.38. The van der Waals surface area contributed by atoms with Crippen molar-refractivity contribution in [3.8, 4) is 0 Å². The summed E-state index contributed by atoms with van der Waals surface area (Å²) in [6.45, 7) is 31.3. The molecule has 5 heteroatoms. The summed E-state index contributed by atoms with van der Waals surface area (Å²) in [7, 11) is 0. The van der Waals surface area contributed by atoms with E-state index in [0.29, 0.717) is 49.2 Å². The zero-order valence-electron chi connectivity index (χ0n) is 27.7. The van der Waals surface area contributed by atoms with E-state index in [4.69, 9.17) is 0 Å². The van der Waals surface area contributed by atoms with Gasteiger partial charge in [0.25, 0.3) is 0 Å². The molecule has 0 N–H and O–H groups in total. The molecule has 6 atom stereocenters. The molecule has 0 radical (unpaired) electrons. The zero-order valence-corrected chi connectivity index (χ0v) is 28.6. The van der Waals surface area contributed by atoms with E-state index in [2.05, 4.69) is 116 Å². The van der Waals surface area contributed by atoms with Gasteiger partial charge in [-0.1, -0.05) is 53.2 Å². The molecule has 6 unspecified atom stereocenters. The summed E-state index contributed by atoms with van der Waals surface area (Å²) >= 11 is 4.51. The van der Waals surface area contributed by atoms with E-state index in [9.17, 15) is 0 Å². The Labute approximate surface area is 248 Å². The van der Waals surface area contributed by atoms with Gasteiger partial charge in [-0.3, -0.25) is 14.7 Å². The van der Waals surface area contributed by atoms with Gasteiger partial charge in [-0.05, 0) is 96.1 Å². The van der Waals surface area contributed by atoms with Gasteiger partial charge in [-0.25, -0.2) is 4.39 Å². The van der Waals surface area contributed by atoms with Crippen LogP contribution in [0.25, 0.3) is 0 Å². The minimum atomic E-state index is -1.10. The molecule has 0 aromatic carbocycles. The van der Waals surface area contributed by atoms with Gasteiger partial charge in [0.1, 0.15) is 5.67 Å². The SMILES string of the molecule is CC(C)=CCC1C(CCS)CN1C(C)CC(C)(C)C1(F)CN(C(C)CC(C)(C)C2CN(C(C)C)C2C(C)C)C1. The molecule has 228 valence electrons. The van der Waals surface area contributed by atoms with Crippen molar-refractivity contribution in [3.63, 3.8) is 0 Å². The monoisotopic (exact) mass is 565 g/mol. The predicted octanol–water partition coefficient (Wildman–Crippen LogP) is 7.96. The summed E-state index contributed by atoms with van der Waals surface area (Å²) in [5.74, 6) is 3.08. The van der Waals surface area contributed by atoms with Gasteiger partial charge >= 0.3 is 0 Å². The topological polar surface area (TPSA) is 9.72 Å². The normalized spacial score (nSPS) is 30.1. The van der Waals surface area contributed by atoms with E-state index in [1.165, 1.54) is 18.5 Å². The molecule has 0 bridgehead atoms. The number of rotatable bonds is 14. The summed E-state index contributed by atoms with van der Waals surface area (Å²) in [4.78, 5) is 7.77. The van der Waals surface area contributed by atoms with Gasteiger partial charge in [-0.15, -0.1) is 0 Å². The van der Waals surface area contributed by atoms with Crippen molar-refractivity contribution in [2.75, 3.05) is 31.9 Å². The number of hydrogen-bond donors (Lipinski definition) is 1. The van der Waals surface area contributed by atoms with Crippen molar-refractivity contribution in [2.45, 2.75) is 145 Å². The van der Waals surface area contributed by atoms with Crippen molar-refractivity contribution < 1.29 is 4.39 Å². The lowest BCUT2D eigenvalue weighted by atomic mass is 9.62. The highest BCUT2D eigenvalue weighted by molar-refractivity contribution is 7.80. The van der Waals surface area contributed by atoms with Crippen LogP contribution in [0.4, 0.5) is 4.39 Å². The van der Waals surface area contributed by atoms with Crippen LogP contribution in [0.2, 0.25) is 0 Å². The highest BCUT2D eigenvalue weighted by Gasteiger charge is 2.57. The lowest BCUT2D eigenvalue weighted by Crippen LogP contribution is -2.70. The number of halogens is 1. The van der Waals surface area contributed by atoms with Crippen LogP contribution in [0.1, 0.15) is 109 Å². The van der Waals surface area contributed by atoms with Crippen LogP contribution in [0, 0.1) is 28.6 Å². The average Bonchev–Trinajstić information content (AvgIpc) is 2.71. The maximum absolute atomic E-state index is 16.5. The van der Waals surface area contributed by atoms with Gasteiger partial charge in [0, 0.05) is 61.8 Å². The maximum atomic E-state index is 16.5. The fourth-order valence-corrected chi connectivity index (χ4v) is 8.71. The molecule has 0 aromatic heterocycles. The Bertz CT molecular complexity index is 826. The smallest absolute Gasteiger partial charge is 0.141 e. The third-order valence-electron chi connectivity index (χ3n) is 11.2. The van der Waals surface area contributed by atoms with E-state index in [1.807, 2.05) is 0 Å². The van der Waals surface area contributed by atoms with Gasteiger partial charge < -0.3 is 0 Å². The number of allylic oxidation sites excluding steroid dienone is 1. The minimum Gasteiger partial charge on any atom is -0.297 e. The van der Waals surface area contributed by atoms with Gasteiger partial charge in [0.2, 0.25) is 0 Å². The van der Waals surface area contributed by atoms with E-state index < -0.39 is 5.67 Å². The summed E-state index contributed by atoms with van der Waals surface area (Å²) in [5, 5.41) is 0. The van der Waals surface area contributed by atoms with Crippen LogP contribution in [-0.2, 0) is 0 Å². The molecule has 0 saturated carbocycles. The summed E-state index contributed by atoms with van der Waals surface area (Å²) in [6, 6.07) is 2.69. The lowest BCUT2D eigenvalue weighted by molar-refractivity contribution is -0.149. The first kappa shape index (κ1) is 33.4. The van der Waals surface area contributed by atoms with Crippen molar-refractivity contribution >= 4 is 12.6 Å². The summed E-state index contributed by atoms with van der Waals surface area (Å²) < 4.78 is 16.5. The van der Waals surface area contributed by atoms with E-state index >= 15 is 4.39 Å². The first-order chi connectivity index (χ1) is 17.9. The average molecular weight is 566 g/mol. The molecular weight excluding hydrogens is 501 g/mol. The lowest BCUT2D eigenvalue weighted by Gasteiger charge is -2.60. The van der Waals surface area contributed by atoms with Crippen LogP contribution in [-0.4, -0.2) is 82.5 Å². The van der Waals surface area contributed by atoms with Crippen LogP contribution in [0.15, 0.2) is 11.6 Å². The van der Waals surface area contributed by atoms with Gasteiger partial charge in [0.05, 0.1) is 0 Å². The Morgan fingerprint density at radius 3 is 2.08 bits per heavy atom. The molecule has 3 heterocycles. The Hall–Kier alpha value is -0.100. The largest absolute Gasteiger partial charge is 0.297 e. The number of alkyl halides is 1. The standard InChI is InChI=1S/C34H64FN3S/c1-23(2)13-14-30-28(15-16-39)19-38(30)27(8)18-33(11,12)34(35)21-36(22-34)26(7)17-32(9,10)29-20-37(25(5)6)31(29)24(3)4/h13,24-31,39H,14-22H2,1-12H3. The number of hydrogen-bond acceptors (Lipinski definition) is 4. The van der Waals surface area contributed by atoms with Crippen LogP contribution >= 0.6 is 12.6 Å². The molecular formula is C34H64FN3S. The number of nitrogens with zero attached hydrogens (tertiary/aromatic N) is 3. The number of thiol groups is 1. The molecule has 3 fully saturated rings. The van der Waals surface area contributed by atoms with Crippen LogP contribution in [0.3, 0.4) is 0 Å². The molecule has 0 amide bonds. The van der Waals surface area contributed by atoms with E-state index in [0.717, 1.165) is 43.4 Å². The molecule has 3 nitrogen and oxygen atoms in total.